The number of rotatable bonds is 3. The van der Waals surface area contributed by atoms with Crippen molar-refractivity contribution in [3.63, 3.8) is 0 Å². The Labute approximate surface area is 108 Å². The molecule has 0 aliphatic heterocycles. The summed E-state index contributed by atoms with van der Waals surface area (Å²) in [6.45, 7) is 0. The van der Waals surface area contributed by atoms with Gasteiger partial charge in [-0.05, 0) is 12.1 Å². The van der Waals surface area contributed by atoms with Crippen LogP contribution in [0.2, 0.25) is 0 Å². The van der Waals surface area contributed by atoms with Crippen LogP contribution in [0.3, 0.4) is 0 Å². The zero-order valence-corrected chi connectivity index (χ0v) is 10.3. The van der Waals surface area contributed by atoms with E-state index in [-0.39, 0.29) is 5.91 Å². The van der Waals surface area contributed by atoms with Gasteiger partial charge in [0, 0.05) is 17.6 Å². The molecule has 2 rings (SSSR count). The Hall–Kier alpha value is -2.39. The highest BCUT2D eigenvalue weighted by Crippen LogP contribution is 2.21. The van der Waals surface area contributed by atoms with Crippen molar-refractivity contribution in [3.05, 3.63) is 40.2 Å². The molecule has 0 bridgehead atoms. The number of hydrogen-bond donors (Lipinski definition) is 1. The third-order valence-electron chi connectivity index (χ3n) is 2.17. The number of methoxy groups -OCH3 is 1. The standard InChI is InChI=1S/C12H9N3O2S/c1-17-9-4-10(18-7-9)12(16)15-11-3-2-8(5-13)6-14-11/h2-4,6-7H,1H3,(H,14,15,16). The van der Waals surface area contributed by atoms with E-state index in [4.69, 9.17) is 10.00 Å². The second-order valence-corrected chi connectivity index (χ2v) is 4.26. The third-order valence-corrected chi connectivity index (χ3v) is 3.08. The number of carbonyl (C=O) groups excluding carboxylic acids is 1. The minimum Gasteiger partial charge on any atom is -0.496 e. The second-order valence-electron chi connectivity index (χ2n) is 3.35. The Morgan fingerprint density at radius 3 is 2.94 bits per heavy atom. The Bertz CT molecular complexity index is 599. The number of nitrogens with one attached hydrogen (secondary N) is 1. The highest BCUT2D eigenvalue weighted by Gasteiger charge is 2.10. The van der Waals surface area contributed by atoms with E-state index in [9.17, 15) is 4.79 Å². The average molecular weight is 259 g/mol. The lowest BCUT2D eigenvalue weighted by Crippen LogP contribution is -2.11. The molecule has 6 heteroatoms. The average Bonchev–Trinajstić information content (AvgIpc) is 2.88. The fraction of sp³-hybridized carbons (Fsp3) is 0.0833. The molecule has 2 heterocycles. The van der Waals surface area contributed by atoms with Gasteiger partial charge in [-0.2, -0.15) is 5.26 Å². The molecule has 1 amide bonds. The molecule has 0 aliphatic carbocycles. The zero-order valence-electron chi connectivity index (χ0n) is 9.51. The van der Waals surface area contributed by atoms with E-state index in [1.807, 2.05) is 6.07 Å². The number of thiophene rings is 1. The van der Waals surface area contributed by atoms with Crippen LogP contribution in [0, 0.1) is 11.3 Å². The van der Waals surface area contributed by atoms with Gasteiger partial charge in [0.05, 0.1) is 17.6 Å². The first kappa shape index (κ1) is 12.1. The quantitative estimate of drug-likeness (QED) is 0.917. The smallest absolute Gasteiger partial charge is 0.267 e. The van der Waals surface area contributed by atoms with E-state index in [1.165, 1.54) is 17.5 Å². The number of nitriles is 1. The molecule has 90 valence electrons. The van der Waals surface area contributed by atoms with Crippen LogP contribution in [-0.2, 0) is 0 Å². The maximum absolute atomic E-state index is 11.8. The molecule has 0 spiro atoms. The Balaban J connectivity index is 2.08. The van der Waals surface area contributed by atoms with Crippen LogP contribution in [0.5, 0.6) is 5.75 Å². The van der Waals surface area contributed by atoms with Crippen LogP contribution in [0.4, 0.5) is 5.82 Å². The number of pyridine rings is 1. The van der Waals surface area contributed by atoms with Gasteiger partial charge >= 0.3 is 0 Å². The van der Waals surface area contributed by atoms with Crippen molar-refractivity contribution in [2.24, 2.45) is 0 Å². The molecular weight excluding hydrogens is 250 g/mol. The summed E-state index contributed by atoms with van der Waals surface area (Å²) in [6.07, 6.45) is 1.41. The fourth-order valence-corrected chi connectivity index (χ4v) is 2.01. The van der Waals surface area contributed by atoms with Crippen molar-refractivity contribution in [2.75, 3.05) is 12.4 Å². The zero-order chi connectivity index (χ0) is 13.0. The molecule has 0 unspecified atom stereocenters. The minimum atomic E-state index is -0.250. The van der Waals surface area contributed by atoms with Crippen molar-refractivity contribution in [1.82, 2.24) is 4.98 Å². The highest BCUT2D eigenvalue weighted by atomic mass is 32.1. The van der Waals surface area contributed by atoms with Crippen molar-refractivity contribution >= 4 is 23.1 Å². The Morgan fingerprint density at radius 1 is 1.56 bits per heavy atom. The van der Waals surface area contributed by atoms with E-state index in [0.29, 0.717) is 22.0 Å². The molecule has 0 aromatic carbocycles. The van der Waals surface area contributed by atoms with Gasteiger partial charge in [0.15, 0.2) is 0 Å². The van der Waals surface area contributed by atoms with Gasteiger partial charge in [-0.1, -0.05) is 0 Å². The van der Waals surface area contributed by atoms with Gasteiger partial charge in [-0.25, -0.2) is 4.98 Å². The SMILES string of the molecule is COc1csc(C(=O)Nc2ccc(C#N)cn2)c1. The van der Waals surface area contributed by atoms with Crippen molar-refractivity contribution in [1.29, 1.82) is 5.26 Å². The molecule has 0 radical (unpaired) electrons. The van der Waals surface area contributed by atoms with Crippen LogP contribution < -0.4 is 10.1 Å². The molecule has 0 saturated carbocycles. The molecule has 5 nitrogen and oxygen atoms in total. The van der Waals surface area contributed by atoms with Crippen molar-refractivity contribution in [2.45, 2.75) is 0 Å². The normalized spacial score (nSPS) is 9.56. The van der Waals surface area contributed by atoms with Gasteiger partial charge < -0.3 is 10.1 Å². The van der Waals surface area contributed by atoms with Gasteiger partial charge in [0.25, 0.3) is 5.91 Å². The predicted octanol–water partition coefficient (Wildman–Crippen LogP) is 2.28. The van der Waals surface area contributed by atoms with Gasteiger partial charge in [-0.15, -0.1) is 11.3 Å². The van der Waals surface area contributed by atoms with Crippen LogP contribution in [0.1, 0.15) is 15.2 Å². The first-order valence-electron chi connectivity index (χ1n) is 5.03. The maximum atomic E-state index is 11.8. The number of aromatic nitrogens is 1. The first-order chi connectivity index (χ1) is 8.72. The molecule has 0 fully saturated rings. The molecule has 0 aliphatic rings. The van der Waals surface area contributed by atoms with E-state index in [0.717, 1.165) is 0 Å². The number of ether oxygens (including phenoxy) is 1. The third kappa shape index (κ3) is 2.64. The van der Waals surface area contributed by atoms with Gasteiger partial charge in [0.2, 0.25) is 0 Å². The lowest BCUT2D eigenvalue weighted by atomic mass is 10.3. The monoisotopic (exact) mass is 259 g/mol. The molecule has 0 atom stereocenters. The Kier molecular flexibility index (Phi) is 3.55. The van der Waals surface area contributed by atoms with Crippen LogP contribution >= 0.6 is 11.3 Å². The summed E-state index contributed by atoms with van der Waals surface area (Å²) in [4.78, 5) is 16.3. The van der Waals surface area contributed by atoms with E-state index in [2.05, 4.69) is 10.3 Å². The van der Waals surface area contributed by atoms with E-state index < -0.39 is 0 Å². The number of hydrogen-bond acceptors (Lipinski definition) is 5. The minimum absolute atomic E-state index is 0.250. The molecule has 2 aromatic rings. The van der Waals surface area contributed by atoms with E-state index in [1.54, 1.807) is 30.7 Å². The van der Waals surface area contributed by atoms with Crippen LogP contribution in [-0.4, -0.2) is 18.0 Å². The number of anilines is 1. The molecule has 18 heavy (non-hydrogen) atoms. The number of nitrogens with zero attached hydrogens (tertiary/aromatic N) is 2. The molecular formula is C12H9N3O2S. The summed E-state index contributed by atoms with van der Waals surface area (Å²) in [7, 11) is 1.55. The second kappa shape index (κ2) is 5.29. The first-order valence-corrected chi connectivity index (χ1v) is 5.91. The molecule has 2 aromatic heterocycles. The summed E-state index contributed by atoms with van der Waals surface area (Å²) in [5.41, 5.74) is 0.450. The van der Waals surface area contributed by atoms with Gasteiger partial charge in [0.1, 0.15) is 17.6 Å². The highest BCUT2D eigenvalue weighted by molar-refractivity contribution is 7.12. The summed E-state index contributed by atoms with van der Waals surface area (Å²) >= 11 is 1.29. The summed E-state index contributed by atoms with van der Waals surface area (Å²) in [5.74, 6) is 0.810. The van der Waals surface area contributed by atoms with Gasteiger partial charge in [-0.3, -0.25) is 4.79 Å². The largest absolute Gasteiger partial charge is 0.496 e. The Morgan fingerprint density at radius 2 is 2.39 bits per heavy atom. The lowest BCUT2D eigenvalue weighted by molar-refractivity contribution is 0.103. The van der Waals surface area contributed by atoms with Crippen molar-refractivity contribution in [3.8, 4) is 11.8 Å². The summed E-state index contributed by atoms with van der Waals surface area (Å²) < 4.78 is 5.00. The van der Waals surface area contributed by atoms with Crippen molar-refractivity contribution < 1.29 is 9.53 Å². The molecule has 0 saturated heterocycles. The topological polar surface area (TPSA) is 75.0 Å². The van der Waals surface area contributed by atoms with Crippen LogP contribution in [0.25, 0.3) is 0 Å². The van der Waals surface area contributed by atoms with Crippen LogP contribution in [0.15, 0.2) is 29.8 Å². The van der Waals surface area contributed by atoms with E-state index >= 15 is 0 Å². The number of amides is 1. The molecule has 1 N–H and O–H groups in total. The predicted molar refractivity (Wildman–Crippen MR) is 67.8 cm³/mol. The maximum Gasteiger partial charge on any atom is 0.267 e. The number of carbonyl (C=O) groups is 1. The summed E-state index contributed by atoms with van der Waals surface area (Å²) in [6, 6.07) is 6.80. The lowest BCUT2D eigenvalue weighted by Gasteiger charge is -2.01. The fourth-order valence-electron chi connectivity index (χ4n) is 1.26. The summed E-state index contributed by atoms with van der Waals surface area (Å²) in [5, 5.41) is 13.0.